The molecule has 1 spiro atoms. The summed E-state index contributed by atoms with van der Waals surface area (Å²) in [5.74, 6) is 0.608. The number of hydrogen-bond donors (Lipinski definition) is 2. The molecule has 2 fully saturated rings. The normalized spacial score (nSPS) is 28.0. The van der Waals surface area contributed by atoms with Crippen LogP contribution in [-0.2, 0) is 4.74 Å². The van der Waals surface area contributed by atoms with Gasteiger partial charge in [0.2, 0.25) is 0 Å². The molecule has 2 aliphatic rings. The van der Waals surface area contributed by atoms with Crippen molar-refractivity contribution < 1.29 is 9.84 Å². The Morgan fingerprint density at radius 2 is 2.11 bits per heavy atom. The molecule has 0 aromatic carbocycles. The molecule has 2 N–H and O–H groups in total. The average molecular weight is 255 g/mol. The van der Waals surface area contributed by atoms with Crippen LogP contribution in [0.15, 0.2) is 0 Å². The van der Waals surface area contributed by atoms with E-state index in [4.69, 9.17) is 9.84 Å². The Hall–Kier alpha value is -0.120. The van der Waals surface area contributed by atoms with Crippen molar-refractivity contribution in [1.82, 2.24) is 5.32 Å². The van der Waals surface area contributed by atoms with Crippen LogP contribution in [0, 0.1) is 5.92 Å². The Morgan fingerprint density at radius 1 is 1.33 bits per heavy atom. The molecule has 2 rings (SSSR count). The molecule has 0 aromatic rings. The van der Waals surface area contributed by atoms with Crippen LogP contribution in [0.1, 0.15) is 58.3 Å². The average Bonchev–Trinajstić information content (AvgIpc) is 2.99. The zero-order chi connectivity index (χ0) is 12.8. The van der Waals surface area contributed by atoms with Gasteiger partial charge in [0.05, 0.1) is 11.7 Å². The first-order valence-corrected chi connectivity index (χ1v) is 7.77. The monoisotopic (exact) mass is 255 g/mol. The van der Waals surface area contributed by atoms with Crippen LogP contribution >= 0.6 is 0 Å². The molecule has 1 aliphatic carbocycles. The highest BCUT2D eigenvalue weighted by Crippen LogP contribution is 2.43. The molecule has 1 saturated carbocycles. The highest BCUT2D eigenvalue weighted by molar-refractivity contribution is 4.93. The van der Waals surface area contributed by atoms with Crippen LogP contribution in [0.5, 0.6) is 0 Å². The summed E-state index contributed by atoms with van der Waals surface area (Å²) in [6, 6.07) is 0. The summed E-state index contributed by atoms with van der Waals surface area (Å²) in [6.07, 6.45) is 10.3. The van der Waals surface area contributed by atoms with Crippen molar-refractivity contribution in [2.24, 2.45) is 5.92 Å². The van der Waals surface area contributed by atoms with Gasteiger partial charge < -0.3 is 15.2 Å². The number of nitrogens with one attached hydrogen (secondary N) is 1. The standard InChI is InChI=1S/C15H29NO2/c1-2-13(6-10-17)11-16-12-14-5-9-15(18-14)7-3-4-8-15/h13-14,16-17H,2-12H2,1H3. The molecule has 2 unspecified atom stereocenters. The van der Waals surface area contributed by atoms with Crippen molar-refractivity contribution in [3.05, 3.63) is 0 Å². The van der Waals surface area contributed by atoms with Gasteiger partial charge >= 0.3 is 0 Å². The topological polar surface area (TPSA) is 41.5 Å². The number of aliphatic hydroxyl groups is 1. The number of ether oxygens (including phenoxy) is 1. The molecular weight excluding hydrogens is 226 g/mol. The van der Waals surface area contributed by atoms with Gasteiger partial charge in [0.15, 0.2) is 0 Å². The fraction of sp³-hybridized carbons (Fsp3) is 1.00. The maximum atomic E-state index is 8.97. The second-order valence-corrected chi connectivity index (χ2v) is 6.11. The van der Waals surface area contributed by atoms with E-state index < -0.39 is 0 Å². The molecule has 106 valence electrons. The van der Waals surface area contributed by atoms with E-state index in [0.29, 0.717) is 18.6 Å². The molecule has 1 saturated heterocycles. The summed E-state index contributed by atoms with van der Waals surface area (Å²) in [6.45, 7) is 4.51. The van der Waals surface area contributed by atoms with Crippen molar-refractivity contribution in [2.75, 3.05) is 19.7 Å². The third-order valence-corrected chi connectivity index (χ3v) is 4.77. The van der Waals surface area contributed by atoms with Crippen LogP contribution in [0.3, 0.4) is 0 Å². The molecule has 18 heavy (non-hydrogen) atoms. The Bertz CT molecular complexity index is 239. The highest BCUT2D eigenvalue weighted by atomic mass is 16.5. The molecule has 0 radical (unpaired) electrons. The van der Waals surface area contributed by atoms with Gasteiger partial charge in [-0.1, -0.05) is 26.2 Å². The van der Waals surface area contributed by atoms with Gasteiger partial charge in [-0.2, -0.15) is 0 Å². The number of hydrogen-bond acceptors (Lipinski definition) is 3. The summed E-state index contributed by atoms with van der Waals surface area (Å²) in [5, 5.41) is 12.5. The fourth-order valence-corrected chi connectivity index (χ4v) is 3.51. The van der Waals surface area contributed by atoms with E-state index in [-0.39, 0.29) is 5.60 Å². The largest absolute Gasteiger partial charge is 0.396 e. The highest BCUT2D eigenvalue weighted by Gasteiger charge is 2.41. The van der Waals surface area contributed by atoms with E-state index in [9.17, 15) is 0 Å². The quantitative estimate of drug-likeness (QED) is 0.734. The lowest BCUT2D eigenvalue weighted by Gasteiger charge is -2.24. The lowest BCUT2D eigenvalue weighted by atomic mass is 9.98. The van der Waals surface area contributed by atoms with Crippen LogP contribution in [0.25, 0.3) is 0 Å². The van der Waals surface area contributed by atoms with E-state index in [1.165, 1.54) is 38.5 Å². The summed E-state index contributed by atoms with van der Waals surface area (Å²) in [7, 11) is 0. The van der Waals surface area contributed by atoms with Gasteiger partial charge in [0.1, 0.15) is 0 Å². The van der Waals surface area contributed by atoms with E-state index in [0.717, 1.165) is 25.9 Å². The minimum Gasteiger partial charge on any atom is -0.396 e. The Kier molecular flexibility index (Phi) is 5.46. The summed E-state index contributed by atoms with van der Waals surface area (Å²) in [5.41, 5.74) is 0.265. The first-order valence-electron chi connectivity index (χ1n) is 7.77. The minimum atomic E-state index is 0.265. The molecule has 0 aromatic heterocycles. The smallest absolute Gasteiger partial charge is 0.0708 e. The zero-order valence-electron chi connectivity index (χ0n) is 11.8. The fourth-order valence-electron chi connectivity index (χ4n) is 3.51. The molecule has 3 heteroatoms. The molecular formula is C15H29NO2. The van der Waals surface area contributed by atoms with Gasteiger partial charge in [-0.3, -0.25) is 0 Å². The van der Waals surface area contributed by atoms with Gasteiger partial charge in [0, 0.05) is 13.2 Å². The van der Waals surface area contributed by atoms with Crippen LogP contribution < -0.4 is 5.32 Å². The van der Waals surface area contributed by atoms with Crippen LogP contribution in [0.2, 0.25) is 0 Å². The summed E-state index contributed by atoms with van der Waals surface area (Å²) in [4.78, 5) is 0. The number of rotatable bonds is 7. The predicted molar refractivity (Wildman–Crippen MR) is 73.7 cm³/mol. The third kappa shape index (κ3) is 3.69. The lowest BCUT2D eigenvalue weighted by Crippen LogP contribution is -2.33. The summed E-state index contributed by atoms with van der Waals surface area (Å²) >= 11 is 0. The molecule has 0 bridgehead atoms. The zero-order valence-corrected chi connectivity index (χ0v) is 11.8. The van der Waals surface area contributed by atoms with Crippen molar-refractivity contribution in [3.63, 3.8) is 0 Å². The summed E-state index contributed by atoms with van der Waals surface area (Å²) < 4.78 is 6.27. The molecule has 3 nitrogen and oxygen atoms in total. The van der Waals surface area contributed by atoms with Gasteiger partial charge in [-0.05, 0) is 44.6 Å². The first kappa shape index (κ1) is 14.3. The molecule has 2 atom stereocenters. The Morgan fingerprint density at radius 3 is 2.78 bits per heavy atom. The number of aliphatic hydroxyl groups excluding tert-OH is 1. The second kappa shape index (κ2) is 6.88. The van der Waals surface area contributed by atoms with Crippen molar-refractivity contribution in [1.29, 1.82) is 0 Å². The Labute approximate surface area is 111 Å². The minimum absolute atomic E-state index is 0.265. The van der Waals surface area contributed by atoms with Crippen LogP contribution in [-0.4, -0.2) is 36.5 Å². The van der Waals surface area contributed by atoms with Crippen molar-refractivity contribution in [3.8, 4) is 0 Å². The van der Waals surface area contributed by atoms with E-state index in [2.05, 4.69) is 12.2 Å². The predicted octanol–water partition coefficient (Wildman–Crippen LogP) is 2.48. The molecule has 1 heterocycles. The lowest BCUT2D eigenvalue weighted by molar-refractivity contribution is -0.0353. The van der Waals surface area contributed by atoms with E-state index in [1.54, 1.807) is 0 Å². The Balaban J connectivity index is 1.63. The second-order valence-electron chi connectivity index (χ2n) is 6.11. The van der Waals surface area contributed by atoms with Gasteiger partial charge in [-0.15, -0.1) is 0 Å². The maximum absolute atomic E-state index is 8.97. The first-order chi connectivity index (χ1) is 8.78. The van der Waals surface area contributed by atoms with E-state index in [1.807, 2.05) is 0 Å². The van der Waals surface area contributed by atoms with Crippen molar-refractivity contribution in [2.45, 2.75) is 70.0 Å². The SMILES string of the molecule is CCC(CCO)CNCC1CCC2(CCCC2)O1. The molecule has 1 aliphatic heterocycles. The maximum Gasteiger partial charge on any atom is 0.0708 e. The van der Waals surface area contributed by atoms with Crippen molar-refractivity contribution >= 4 is 0 Å². The van der Waals surface area contributed by atoms with Crippen LogP contribution in [0.4, 0.5) is 0 Å². The van der Waals surface area contributed by atoms with Gasteiger partial charge in [-0.25, -0.2) is 0 Å². The van der Waals surface area contributed by atoms with E-state index >= 15 is 0 Å². The van der Waals surface area contributed by atoms with Gasteiger partial charge in [0.25, 0.3) is 0 Å². The third-order valence-electron chi connectivity index (χ3n) is 4.77. The molecule has 0 amide bonds.